The summed E-state index contributed by atoms with van der Waals surface area (Å²) in [6.45, 7) is 0.749. The lowest BCUT2D eigenvalue weighted by Gasteiger charge is -2.23. The molecular formula is C17H14ClN3OS. The number of benzene rings is 1. The number of amides is 1. The molecule has 0 unspecified atom stereocenters. The molecule has 0 aliphatic carbocycles. The van der Waals surface area contributed by atoms with E-state index in [-0.39, 0.29) is 11.9 Å². The Hall–Kier alpha value is -1.98. The average molecular weight is 344 g/mol. The Kier molecular flexibility index (Phi) is 3.75. The van der Waals surface area contributed by atoms with Crippen molar-refractivity contribution >= 4 is 39.1 Å². The van der Waals surface area contributed by atoms with E-state index in [0.717, 1.165) is 34.6 Å². The second-order valence-electron chi connectivity index (χ2n) is 5.54. The normalized spacial score (nSPS) is 17.8. The second-order valence-corrected chi connectivity index (χ2v) is 6.99. The molecule has 4 rings (SSSR count). The van der Waals surface area contributed by atoms with Crippen LogP contribution in [0.2, 0.25) is 5.15 Å². The fourth-order valence-corrected chi connectivity index (χ4v) is 4.29. The number of pyridine rings is 1. The van der Waals surface area contributed by atoms with Crippen molar-refractivity contribution in [2.24, 2.45) is 0 Å². The van der Waals surface area contributed by atoms with Crippen LogP contribution in [0.4, 0.5) is 0 Å². The first-order valence-corrected chi connectivity index (χ1v) is 8.70. The first-order chi connectivity index (χ1) is 11.2. The van der Waals surface area contributed by atoms with Gasteiger partial charge in [0.2, 0.25) is 0 Å². The van der Waals surface area contributed by atoms with Gasteiger partial charge in [0.25, 0.3) is 5.91 Å². The van der Waals surface area contributed by atoms with Crippen LogP contribution in [0, 0.1) is 0 Å². The van der Waals surface area contributed by atoms with Gasteiger partial charge in [-0.3, -0.25) is 4.79 Å². The van der Waals surface area contributed by atoms with Crippen molar-refractivity contribution in [3.63, 3.8) is 0 Å². The van der Waals surface area contributed by atoms with Gasteiger partial charge < -0.3 is 4.90 Å². The van der Waals surface area contributed by atoms with Gasteiger partial charge in [-0.1, -0.05) is 23.7 Å². The van der Waals surface area contributed by atoms with Crippen molar-refractivity contribution in [2.45, 2.75) is 18.9 Å². The molecule has 1 amide bonds. The highest BCUT2D eigenvalue weighted by molar-refractivity contribution is 7.18. The van der Waals surface area contributed by atoms with Crippen LogP contribution in [0.3, 0.4) is 0 Å². The number of carbonyl (C=O) groups excluding carboxylic acids is 1. The number of carbonyl (C=O) groups is 1. The van der Waals surface area contributed by atoms with E-state index in [9.17, 15) is 4.79 Å². The quantitative estimate of drug-likeness (QED) is 0.651. The van der Waals surface area contributed by atoms with Crippen molar-refractivity contribution < 1.29 is 4.79 Å². The number of likely N-dealkylation sites (tertiary alicyclic amines) is 1. The second kappa shape index (κ2) is 5.91. The summed E-state index contributed by atoms with van der Waals surface area (Å²) < 4.78 is 1.16. The third-order valence-corrected chi connectivity index (χ3v) is 5.43. The molecule has 0 radical (unpaired) electrons. The third kappa shape index (κ3) is 2.71. The van der Waals surface area contributed by atoms with Crippen LogP contribution in [0.25, 0.3) is 10.2 Å². The first-order valence-electron chi connectivity index (χ1n) is 7.50. The standard InChI is InChI=1S/C17H14ClN3OS/c18-15-10-11(7-8-19-15)17(22)21-9-3-5-13(21)16-20-12-4-1-2-6-14(12)23-16/h1-2,4,6-8,10,13H,3,5,9H2/t13-/m1/s1. The van der Waals surface area contributed by atoms with E-state index in [1.54, 1.807) is 29.7 Å². The largest absolute Gasteiger partial charge is 0.329 e. The Bertz CT molecular complexity index is 846. The molecule has 1 aromatic carbocycles. The average Bonchev–Trinajstić information content (AvgIpc) is 3.20. The molecule has 3 heterocycles. The van der Waals surface area contributed by atoms with Crippen molar-refractivity contribution in [2.75, 3.05) is 6.54 Å². The zero-order chi connectivity index (χ0) is 15.8. The highest BCUT2D eigenvalue weighted by Gasteiger charge is 2.32. The monoisotopic (exact) mass is 343 g/mol. The number of thiazole rings is 1. The SMILES string of the molecule is O=C(c1ccnc(Cl)c1)N1CCC[C@@H]1c1nc2ccccc2s1. The summed E-state index contributed by atoms with van der Waals surface area (Å²) in [6.07, 6.45) is 3.51. The van der Waals surface area contributed by atoms with Gasteiger partial charge in [-0.25, -0.2) is 9.97 Å². The molecule has 0 N–H and O–H groups in total. The van der Waals surface area contributed by atoms with E-state index < -0.39 is 0 Å². The van der Waals surface area contributed by atoms with Gasteiger partial charge in [0.1, 0.15) is 10.2 Å². The summed E-state index contributed by atoms with van der Waals surface area (Å²) >= 11 is 7.58. The molecule has 1 atom stereocenters. The van der Waals surface area contributed by atoms with Gasteiger partial charge in [-0.15, -0.1) is 11.3 Å². The van der Waals surface area contributed by atoms with E-state index >= 15 is 0 Å². The lowest BCUT2D eigenvalue weighted by molar-refractivity contribution is 0.0735. The number of nitrogens with zero attached hydrogens (tertiary/aromatic N) is 3. The number of rotatable bonds is 2. The summed E-state index contributed by atoms with van der Waals surface area (Å²) in [7, 11) is 0. The van der Waals surface area contributed by atoms with Crippen LogP contribution in [0.1, 0.15) is 34.2 Å². The number of fused-ring (bicyclic) bond motifs is 1. The Morgan fingerprint density at radius 1 is 1.30 bits per heavy atom. The summed E-state index contributed by atoms with van der Waals surface area (Å²) in [5.41, 5.74) is 1.58. The summed E-state index contributed by atoms with van der Waals surface area (Å²) in [5.74, 6) is -0.00365. The fraction of sp³-hybridized carbons (Fsp3) is 0.235. The Morgan fingerprint density at radius 2 is 2.17 bits per heavy atom. The predicted molar refractivity (Wildman–Crippen MR) is 91.9 cm³/mol. The van der Waals surface area contributed by atoms with Crippen LogP contribution in [-0.4, -0.2) is 27.3 Å². The lowest BCUT2D eigenvalue weighted by atomic mass is 10.2. The minimum atomic E-state index is -0.00365. The maximum absolute atomic E-state index is 12.8. The number of hydrogen-bond acceptors (Lipinski definition) is 4. The van der Waals surface area contributed by atoms with Gasteiger partial charge in [-0.05, 0) is 37.1 Å². The molecule has 0 saturated carbocycles. The topological polar surface area (TPSA) is 46.1 Å². The number of halogens is 1. The van der Waals surface area contributed by atoms with Gasteiger partial charge in [0, 0.05) is 18.3 Å². The van der Waals surface area contributed by atoms with Crippen LogP contribution in [0.5, 0.6) is 0 Å². The Morgan fingerprint density at radius 3 is 3.00 bits per heavy atom. The van der Waals surface area contributed by atoms with Crippen LogP contribution in [0.15, 0.2) is 42.6 Å². The smallest absolute Gasteiger partial charge is 0.254 e. The molecule has 4 nitrogen and oxygen atoms in total. The molecular weight excluding hydrogens is 330 g/mol. The van der Waals surface area contributed by atoms with Crippen LogP contribution < -0.4 is 0 Å². The lowest BCUT2D eigenvalue weighted by Crippen LogP contribution is -2.30. The molecule has 6 heteroatoms. The Balaban J connectivity index is 1.67. The van der Waals surface area contributed by atoms with E-state index in [1.165, 1.54) is 0 Å². The van der Waals surface area contributed by atoms with Gasteiger partial charge in [0.15, 0.2) is 0 Å². The highest BCUT2D eigenvalue weighted by Crippen LogP contribution is 2.37. The van der Waals surface area contributed by atoms with Crippen molar-refractivity contribution in [1.29, 1.82) is 0 Å². The van der Waals surface area contributed by atoms with Crippen LogP contribution >= 0.6 is 22.9 Å². The molecule has 0 spiro atoms. The van der Waals surface area contributed by atoms with E-state index in [0.29, 0.717) is 10.7 Å². The predicted octanol–water partition coefficient (Wildman–Crippen LogP) is 4.32. The molecule has 1 fully saturated rings. The van der Waals surface area contributed by atoms with E-state index in [2.05, 4.69) is 11.1 Å². The van der Waals surface area contributed by atoms with Crippen LogP contribution in [-0.2, 0) is 0 Å². The zero-order valence-electron chi connectivity index (χ0n) is 12.3. The van der Waals surface area contributed by atoms with E-state index in [4.69, 9.17) is 16.6 Å². The summed E-state index contributed by atoms with van der Waals surface area (Å²) in [5, 5.41) is 1.35. The fourth-order valence-electron chi connectivity index (χ4n) is 3.00. The molecule has 116 valence electrons. The maximum Gasteiger partial charge on any atom is 0.254 e. The summed E-state index contributed by atoms with van der Waals surface area (Å²) in [4.78, 5) is 23.4. The summed E-state index contributed by atoms with van der Waals surface area (Å²) in [6, 6.07) is 11.5. The number of hydrogen-bond donors (Lipinski definition) is 0. The van der Waals surface area contributed by atoms with E-state index in [1.807, 2.05) is 23.1 Å². The Labute approximate surface area is 142 Å². The molecule has 3 aromatic rings. The molecule has 1 saturated heterocycles. The van der Waals surface area contributed by atoms with Crippen molar-refractivity contribution in [3.8, 4) is 0 Å². The van der Waals surface area contributed by atoms with Crippen molar-refractivity contribution in [1.82, 2.24) is 14.9 Å². The van der Waals surface area contributed by atoms with Gasteiger partial charge in [-0.2, -0.15) is 0 Å². The molecule has 23 heavy (non-hydrogen) atoms. The highest BCUT2D eigenvalue weighted by atomic mass is 35.5. The zero-order valence-corrected chi connectivity index (χ0v) is 13.8. The third-order valence-electron chi connectivity index (χ3n) is 4.08. The van der Waals surface area contributed by atoms with Gasteiger partial charge >= 0.3 is 0 Å². The molecule has 2 aromatic heterocycles. The molecule has 1 aliphatic rings. The molecule has 0 bridgehead atoms. The van der Waals surface area contributed by atoms with Gasteiger partial charge in [0.05, 0.1) is 16.3 Å². The van der Waals surface area contributed by atoms with Crippen molar-refractivity contribution in [3.05, 3.63) is 58.3 Å². The number of para-hydroxylation sites is 1. The minimum Gasteiger partial charge on any atom is -0.329 e. The minimum absolute atomic E-state index is 0.00365. The first kappa shape index (κ1) is 14.6. The molecule has 1 aliphatic heterocycles. The number of aromatic nitrogens is 2. The maximum atomic E-state index is 12.8.